The van der Waals surface area contributed by atoms with Crippen LogP contribution in [0.3, 0.4) is 0 Å². The van der Waals surface area contributed by atoms with Crippen LogP contribution in [-0.4, -0.2) is 24.3 Å². The van der Waals surface area contributed by atoms with Gasteiger partial charge in [-0.25, -0.2) is 0 Å². The number of alkyl halides is 3. The molecular formula is C14H16F3NO2S. The minimum absolute atomic E-state index is 0.0663. The van der Waals surface area contributed by atoms with Crippen molar-refractivity contribution in [2.75, 3.05) is 13.2 Å². The Labute approximate surface area is 126 Å². The van der Waals surface area contributed by atoms with Gasteiger partial charge in [-0.2, -0.15) is 13.2 Å². The number of halogens is 3. The van der Waals surface area contributed by atoms with Gasteiger partial charge in [-0.3, -0.25) is 0 Å². The minimum Gasteiger partial charge on any atom is -0.491 e. The average molecular weight is 319 g/mol. The SMILES string of the molecule is NC(=S)c1ccc(OCC2CCCCO2)cc1C(F)(F)F. The molecule has 1 aromatic carbocycles. The zero-order valence-corrected chi connectivity index (χ0v) is 12.1. The quantitative estimate of drug-likeness (QED) is 0.865. The maximum atomic E-state index is 13.0. The summed E-state index contributed by atoms with van der Waals surface area (Å²) in [4.78, 5) is -0.288. The molecule has 1 heterocycles. The normalized spacial score (nSPS) is 19.3. The average Bonchev–Trinajstić information content (AvgIpc) is 2.45. The highest BCUT2D eigenvalue weighted by Gasteiger charge is 2.34. The molecule has 2 rings (SSSR count). The Bertz CT molecular complexity index is 513. The second kappa shape index (κ2) is 6.62. The summed E-state index contributed by atoms with van der Waals surface area (Å²) < 4.78 is 49.8. The second-order valence-corrected chi connectivity index (χ2v) is 5.31. The molecule has 0 radical (unpaired) electrons. The van der Waals surface area contributed by atoms with E-state index in [9.17, 15) is 13.2 Å². The Hall–Kier alpha value is -1.34. The first kappa shape index (κ1) is 16.0. The zero-order chi connectivity index (χ0) is 15.5. The van der Waals surface area contributed by atoms with Crippen LogP contribution in [0.25, 0.3) is 0 Å². The molecule has 2 N–H and O–H groups in total. The summed E-state index contributed by atoms with van der Waals surface area (Å²) in [5.41, 5.74) is 4.25. The van der Waals surface area contributed by atoms with E-state index >= 15 is 0 Å². The smallest absolute Gasteiger partial charge is 0.417 e. The first-order valence-electron chi connectivity index (χ1n) is 6.63. The van der Waals surface area contributed by atoms with Crippen LogP contribution < -0.4 is 10.5 Å². The monoisotopic (exact) mass is 319 g/mol. The van der Waals surface area contributed by atoms with Gasteiger partial charge in [0.1, 0.15) is 17.3 Å². The Balaban J connectivity index is 2.11. The highest BCUT2D eigenvalue weighted by atomic mass is 32.1. The van der Waals surface area contributed by atoms with Gasteiger partial charge in [-0.1, -0.05) is 12.2 Å². The number of nitrogens with two attached hydrogens (primary N) is 1. The fourth-order valence-corrected chi connectivity index (χ4v) is 2.37. The van der Waals surface area contributed by atoms with E-state index in [0.717, 1.165) is 25.3 Å². The van der Waals surface area contributed by atoms with Crippen LogP contribution in [0.2, 0.25) is 0 Å². The minimum atomic E-state index is -4.53. The van der Waals surface area contributed by atoms with Crippen LogP contribution in [0, 0.1) is 0 Å². The lowest BCUT2D eigenvalue weighted by molar-refractivity contribution is -0.137. The molecule has 0 saturated carbocycles. The Morgan fingerprint density at radius 1 is 1.38 bits per heavy atom. The molecule has 1 atom stereocenters. The Morgan fingerprint density at radius 2 is 2.14 bits per heavy atom. The van der Waals surface area contributed by atoms with Crippen molar-refractivity contribution in [1.29, 1.82) is 0 Å². The summed E-state index contributed by atoms with van der Waals surface area (Å²) in [6.45, 7) is 0.909. The van der Waals surface area contributed by atoms with Gasteiger partial charge in [0, 0.05) is 12.2 Å². The fraction of sp³-hybridized carbons (Fsp3) is 0.500. The molecule has 1 aliphatic heterocycles. The third-order valence-corrected chi connectivity index (χ3v) is 3.49. The standard InChI is InChI=1S/C14H16F3NO2S/c15-14(16,17)12-7-9(4-5-11(12)13(18)21)20-8-10-3-1-2-6-19-10/h4-5,7,10H,1-3,6,8H2,(H2,18,21). The van der Waals surface area contributed by atoms with Gasteiger partial charge in [0.25, 0.3) is 0 Å². The van der Waals surface area contributed by atoms with Crippen molar-refractivity contribution in [3.8, 4) is 5.75 Å². The lowest BCUT2D eigenvalue weighted by Gasteiger charge is -2.23. The van der Waals surface area contributed by atoms with Gasteiger partial charge >= 0.3 is 6.18 Å². The van der Waals surface area contributed by atoms with E-state index in [1.54, 1.807) is 0 Å². The molecule has 0 aromatic heterocycles. The lowest BCUT2D eigenvalue weighted by Crippen LogP contribution is -2.26. The molecule has 0 aliphatic carbocycles. The van der Waals surface area contributed by atoms with E-state index in [-0.39, 0.29) is 29.0 Å². The third kappa shape index (κ3) is 4.31. The second-order valence-electron chi connectivity index (χ2n) is 4.87. The summed E-state index contributed by atoms with van der Waals surface area (Å²) in [6.07, 6.45) is -1.68. The topological polar surface area (TPSA) is 44.5 Å². The fourth-order valence-electron chi connectivity index (χ4n) is 2.19. The van der Waals surface area contributed by atoms with E-state index in [1.807, 2.05) is 0 Å². The van der Waals surface area contributed by atoms with Crippen LogP contribution in [0.4, 0.5) is 13.2 Å². The summed E-state index contributed by atoms with van der Waals surface area (Å²) in [6, 6.07) is 3.60. The molecule has 1 unspecified atom stereocenters. The van der Waals surface area contributed by atoms with Gasteiger partial charge in [0.15, 0.2) is 0 Å². The van der Waals surface area contributed by atoms with Gasteiger partial charge in [0.2, 0.25) is 0 Å². The first-order valence-corrected chi connectivity index (χ1v) is 7.04. The Morgan fingerprint density at radius 3 is 2.71 bits per heavy atom. The first-order chi connectivity index (χ1) is 9.88. The molecule has 0 spiro atoms. The van der Waals surface area contributed by atoms with E-state index in [1.165, 1.54) is 12.1 Å². The Kier molecular flexibility index (Phi) is 5.05. The largest absolute Gasteiger partial charge is 0.491 e. The van der Waals surface area contributed by atoms with Gasteiger partial charge in [-0.15, -0.1) is 0 Å². The molecule has 1 fully saturated rings. The highest BCUT2D eigenvalue weighted by Crippen LogP contribution is 2.34. The number of ether oxygens (including phenoxy) is 2. The van der Waals surface area contributed by atoms with Crippen molar-refractivity contribution in [2.45, 2.75) is 31.5 Å². The number of thiocarbonyl (C=S) groups is 1. The van der Waals surface area contributed by atoms with Crippen LogP contribution in [0.5, 0.6) is 5.75 Å². The van der Waals surface area contributed by atoms with Crippen molar-refractivity contribution in [3.63, 3.8) is 0 Å². The van der Waals surface area contributed by atoms with Gasteiger partial charge in [0.05, 0.1) is 11.7 Å². The summed E-state index contributed by atoms with van der Waals surface area (Å²) in [7, 11) is 0. The molecule has 116 valence electrons. The summed E-state index contributed by atoms with van der Waals surface area (Å²) in [5, 5.41) is 0. The number of hydrogen-bond donors (Lipinski definition) is 1. The number of rotatable bonds is 4. The number of benzene rings is 1. The molecule has 0 amide bonds. The molecule has 21 heavy (non-hydrogen) atoms. The predicted molar refractivity (Wildman–Crippen MR) is 76.4 cm³/mol. The zero-order valence-electron chi connectivity index (χ0n) is 11.3. The van der Waals surface area contributed by atoms with Crippen LogP contribution in [0.15, 0.2) is 18.2 Å². The molecule has 1 saturated heterocycles. The van der Waals surface area contributed by atoms with E-state index in [2.05, 4.69) is 12.2 Å². The van der Waals surface area contributed by atoms with Crippen LogP contribution in [0.1, 0.15) is 30.4 Å². The van der Waals surface area contributed by atoms with Crippen LogP contribution >= 0.6 is 12.2 Å². The lowest BCUT2D eigenvalue weighted by atomic mass is 10.1. The molecule has 1 aromatic rings. The van der Waals surface area contributed by atoms with Crippen molar-refractivity contribution in [2.24, 2.45) is 5.73 Å². The maximum absolute atomic E-state index is 13.0. The van der Waals surface area contributed by atoms with Crippen LogP contribution in [-0.2, 0) is 10.9 Å². The van der Waals surface area contributed by atoms with Crippen molar-refractivity contribution < 1.29 is 22.6 Å². The molecule has 3 nitrogen and oxygen atoms in total. The molecule has 1 aliphatic rings. The summed E-state index contributed by atoms with van der Waals surface area (Å²) in [5.74, 6) is 0.136. The predicted octanol–water partition coefficient (Wildman–Crippen LogP) is 3.29. The highest BCUT2D eigenvalue weighted by molar-refractivity contribution is 7.80. The summed E-state index contributed by atoms with van der Waals surface area (Å²) >= 11 is 4.65. The molecular weight excluding hydrogens is 303 g/mol. The molecule has 0 bridgehead atoms. The van der Waals surface area contributed by atoms with E-state index < -0.39 is 11.7 Å². The molecule has 7 heteroatoms. The van der Waals surface area contributed by atoms with E-state index in [4.69, 9.17) is 15.2 Å². The van der Waals surface area contributed by atoms with Gasteiger partial charge < -0.3 is 15.2 Å². The van der Waals surface area contributed by atoms with Crippen molar-refractivity contribution in [1.82, 2.24) is 0 Å². The van der Waals surface area contributed by atoms with Crippen molar-refractivity contribution in [3.05, 3.63) is 29.3 Å². The van der Waals surface area contributed by atoms with Crippen molar-refractivity contribution >= 4 is 17.2 Å². The third-order valence-electron chi connectivity index (χ3n) is 3.27. The number of hydrogen-bond acceptors (Lipinski definition) is 3. The van der Waals surface area contributed by atoms with Gasteiger partial charge in [-0.05, 0) is 37.5 Å². The maximum Gasteiger partial charge on any atom is 0.417 e. The van der Waals surface area contributed by atoms with E-state index in [0.29, 0.717) is 6.61 Å².